The molecule has 13 heteroatoms. The maximum atomic E-state index is 12.7. The van der Waals surface area contributed by atoms with Gasteiger partial charge in [-0.25, -0.2) is 4.98 Å². The SMILES string of the molecule is NCCOCCOCCNC(=O)c1cccc(Nc2nc(NCCCn3ccnc3)nc(NC3CCCCC3)n2)c1. The van der Waals surface area contributed by atoms with Crippen molar-refractivity contribution in [1.82, 2.24) is 29.8 Å². The van der Waals surface area contributed by atoms with Crippen molar-refractivity contribution in [2.24, 2.45) is 5.73 Å². The summed E-state index contributed by atoms with van der Waals surface area (Å²) in [5, 5.41) is 12.9. The van der Waals surface area contributed by atoms with E-state index < -0.39 is 0 Å². The fraction of sp³-hybridized carbons (Fsp3) is 0.536. The van der Waals surface area contributed by atoms with E-state index in [-0.39, 0.29) is 5.91 Å². The van der Waals surface area contributed by atoms with Crippen LogP contribution in [-0.2, 0) is 16.0 Å². The number of anilines is 4. The normalized spacial score (nSPS) is 13.6. The second kappa shape index (κ2) is 17.1. The highest BCUT2D eigenvalue weighted by atomic mass is 16.5. The van der Waals surface area contributed by atoms with Crippen molar-refractivity contribution < 1.29 is 14.3 Å². The number of rotatable bonds is 18. The number of carbonyl (C=O) groups excluding carboxylic acids is 1. The van der Waals surface area contributed by atoms with Gasteiger partial charge in [0.15, 0.2) is 0 Å². The van der Waals surface area contributed by atoms with E-state index in [0.29, 0.717) is 81.2 Å². The number of amides is 1. The van der Waals surface area contributed by atoms with Gasteiger partial charge in [-0.15, -0.1) is 0 Å². The summed E-state index contributed by atoms with van der Waals surface area (Å²) in [4.78, 5) is 30.6. The number of hydrogen-bond donors (Lipinski definition) is 5. The maximum Gasteiger partial charge on any atom is 0.251 e. The van der Waals surface area contributed by atoms with Crippen molar-refractivity contribution in [3.8, 4) is 0 Å². The molecule has 1 fully saturated rings. The van der Waals surface area contributed by atoms with Gasteiger partial charge in [0.2, 0.25) is 17.8 Å². The lowest BCUT2D eigenvalue weighted by Gasteiger charge is -2.23. The second-order valence-corrected chi connectivity index (χ2v) is 9.84. The fourth-order valence-corrected chi connectivity index (χ4v) is 4.50. The Bertz CT molecular complexity index is 1170. The number of nitrogens with zero attached hydrogens (tertiary/aromatic N) is 5. The molecule has 0 unspecified atom stereocenters. The minimum absolute atomic E-state index is 0.188. The smallest absolute Gasteiger partial charge is 0.251 e. The van der Waals surface area contributed by atoms with Crippen LogP contribution in [-0.4, -0.2) is 82.5 Å². The molecule has 3 aromatic rings. The first-order valence-corrected chi connectivity index (χ1v) is 14.4. The molecule has 2 aromatic heterocycles. The number of nitrogens with one attached hydrogen (secondary N) is 4. The molecule has 0 aliphatic heterocycles. The molecule has 41 heavy (non-hydrogen) atoms. The molecular formula is C28H42N10O3. The van der Waals surface area contributed by atoms with Crippen molar-refractivity contribution in [2.75, 3.05) is 62.0 Å². The number of nitrogens with two attached hydrogens (primary N) is 1. The number of hydrogen-bond acceptors (Lipinski definition) is 11. The second-order valence-electron chi connectivity index (χ2n) is 9.84. The van der Waals surface area contributed by atoms with Gasteiger partial charge in [0.25, 0.3) is 5.91 Å². The van der Waals surface area contributed by atoms with Gasteiger partial charge in [-0.3, -0.25) is 4.79 Å². The highest BCUT2D eigenvalue weighted by molar-refractivity contribution is 5.95. The van der Waals surface area contributed by atoms with Crippen LogP contribution in [0.5, 0.6) is 0 Å². The van der Waals surface area contributed by atoms with Crippen molar-refractivity contribution in [1.29, 1.82) is 0 Å². The molecule has 1 amide bonds. The molecule has 0 radical (unpaired) electrons. The molecular weight excluding hydrogens is 524 g/mol. The van der Waals surface area contributed by atoms with Crippen molar-refractivity contribution >= 4 is 29.4 Å². The quantitative estimate of drug-likeness (QED) is 0.144. The summed E-state index contributed by atoms with van der Waals surface area (Å²) >= 11 is 0. The van der Waals surface area contributed by atoms with Crippen LogP contribution in [0, 0.1) is 0 Å². The summed E-state index contributed by atoms with van der Waals surface area (Å²) in [6, 6.07) is 7.58. The van der Waals surface area contributed by atoms with Gasteiger partial charge in [0.05, 0.1) is 32.8 Å². The zero-order valence-electron chi connectivity index (χ0n) is 23.6. The van der Waals surface area contributed by atoms with Gasteiger partial charge in [0, 0.05) is 55.9 Å². The third-order valence-electron chi connectivity index (χ3n) is 6.56. The van der Waals surface area contributed by atoms with Gasteiger partial charge in [0.1, 0.15) is 0 Å². The Morgan fingerprint density at radius 3 is 2.59 bits per heavy atom. The van der Waals surface area contributed by atoms with Crippen LogP contribution in [0.15, 0.2) is 43.0 Å². The van der Waals surface area contributed by atoms with Crippen LogP contribution in [0.4, 0.5) is 23.5 Å². The largest absolute Gasteiger partial charge is 0.378 e. The van der Waals surface area contributed by atoms with Crippen molar-refractivity contribution in [2.45, 2.75) is 51.1 Å². The Balaban J connectivity index is 1.33. The number of benzene rings is 1. The zero-order chi connectivity index (χ0) is 28.5. The third kappa shape index (κ3) is 10.9. The predicted molar refractivity (Wildman–Crippen MR) is 158 cm³/mol. The zero-order valence-corrected chi connectivity index (χ0v) is 23.6. The van der Waals surface area contributed by atoms with E-state index in [1.807, 2.05) is 22.9 Å². The van der Waals surface area contributed by atoms with E-state index in [0.717, 1.165) is 25.8 Å². The van der Waals surface area contributed by atoms with Crippen LogP contribution in [0.3, 0.4) is 0 Å². The van der Waals surface area contributed by atoms with E-state index in [1.165, 1.54) is 19.3 Å². The fourth-order valence-electron chi connectivity index (χ4n) is 4.50. The summed E-state index contributed by atoms with van der Waals surface area (Å²) in [5.74, 6) is 1.24. The molecule has 0 spiro atoms. The van der Waals surface area contributed by atoms with E-state index in [2.05, 4.69) is 41.2 Å². The van der Waals surface area contributed by atoms with Crippen molar-refractivity contribution in [3.05, 3.63) is 48.5 Å². The molecule has 13 nitrogen and oxygen atoms in total. The molecule has 0 bridgehead atoms. The van der Waals surface area contributed by atoms with Crippen molar-refractivity contribution in [3.63, 3.8) is 0 Å². The lowest BCUT2D eigenvalue weighted by Crippen LogP contribution is -2.27. The molecule has 1 aliphatic carbocycles. The lowest BCUT2D eigenvalue weighted by molar-refractivity contribution is 0.0511. The molecule has 4 rings (SSSR count). The molecule has 222 valence electrons. The highest BCUT2D eigenvalue weighted by Gasteiger charge is 2.16. The average molecular weight is 567 g/mol. The van der Waals surface area contributed by atoms with E-state index in [1.54, 1.807) is 24.7 Å². The van der Waals surface area contributed by atoms with Gasteiger partial charge in [-0.2, -0.15) is 15.0 Å². The summed E-state index contributed by atoms with van der Waals surface area (Å²) in [7, 11) is 0. The number of imidazole rings is 1. The van der Waals surface area contributed by atoms with E-state index >= 15 is 0 Å². The van der Waals surface area contributed by atoms with Gasteiger partial charge in [-0.05, 0) is 37.5 Å². The first-order chi connectivity index (χ1) is 20.2. The van der Waals surface area contributed by atoms with Crippen LogP contribution in [0.1, 0.15) is 48.9 Å². The Morgan fingerprint density at radius 1 is 0.976 bits per heavy atom. The van der Waals surface area contributed by atoms with Crippen LogP contribution < -0.4 is 27.0 Å². The average Bonchev–Trinajstić information content (AvgIpc) is 3.51. The Labute approximate surface area is 241 Å². The molecule has 1 aliphatic rings. The Hall–Kier alpha value is -3.81. The van der Waals surface area contributed by atoms with Crippen LogP contribution in [0.2, 0.25) is 0 Å². The van der Waals surface area contributed by atoms with Gasteiger partial charge >= 0.3 is 0 Å². The summed E-state index contributed by atoms with van der Waals surface area (Å²) in [6.45, 7) is 4.28. The number of carbonyl (C=O) groups is 1. The number of ether oxygens (including phenoxy) is 2. The predicted octanol–water partition coefficient (Wildman–Crippen LogP) is 2.78. The van der Waals surface area contributed by atoms with Gasteiger partial charge in [-0.1, -0.05) is 25.3 Å². The van der Waals surface area contributed by atoms with Gasteiger partial charge < -0.3 is 41.0 Å². The molecule has 0 atom stereocenters. The van der Waals surface area contributed by atoms with Crippen LogP contribution in [0.25, 0.3) is 0 Å². The first kappa shape index (κ1) is 30.2. The maximum absolute atomic E-state index is 12.7. The topological polar surface area (TPSA) is 166 Å². The summed E-state index contributed by atoms with van der Waals surface area (Å²) in [5.41, 5.74) is 6.60. The number of aryl methyl sites for hydroxylation is 1. The minimum atomic E-state index is -0.188. The standard InChI is InChI=1S/C28H42N10O3/c29-10-16-40-18-19-41-17-13-31-25(39)22-6-4-9-24(20-22)34-28-36-26(32-11-5-14-38-15-12-30-21-38)35-27(37-28)33-23-7-2-1-3-8-23/h4,6,9,12,15,20-21,23H,1-3,5,7-8,10-11,13-14,16-19,29H2,(H,31,39)(H3,32,33,34,35,36,37). The monoisotopic (exact) mass is 566 g/mol. The van der Waals surface area contributed by atoms with Crippen LogP contribution >= 0.6 is 0 Å². The third-order valence-corrected chi connectivity index (χ3v) is 6.56. The van der Waals surface area contributed by atoms with E-state index in [4.69, 9.17) is 15.2 Å². The highest BCUT2D eigenvalue weighted by Crippen LogP contribution is 2.22. The number of aromatic nitrogens is 5. The molecule has 6 N–H and O–H groups in total. The summed E-state index contributed by atoms with van der Waals surface area (Å²) in [6.07, 6.45) is 12.3. The molecule has 0 saturated heterocycles. The lowest BCUT2D eigenvalue weighted by atomic mass is 9.96. The van der Waals surface area contributed by atoms with E-state index in [9.17, 15) is 4.79 Å². The summed E-state index contributed by atoms with van der Waals surface area (Å²) < 4.78 is 12.8. The first-order valence-electron chi connectivity index (χ1n) is 14.4. The molecule has 1 saturated carbocycles. The molecule has 2 heterocycles. The Morgan fingerprint density at radius 2 is 1.78 bits per heavy atom. The molecule has 1 aromatic carbocycles. The minimum Gasteiger partial charge on any atom is -0.378 e. The Kier molecular flexibility index (Phi) is 12.6.